The van der Waals surface area contributed by atoms with Gasteiger partial charge < -0.3 is 9.88 Å². The highest BCUT2D eigenvalue weighted by Crippen LogP contribution is 2.39. The Morgan fingerprint density at radius 3 is 1.86 bits per heavy atom. The molecule has 0 fully saturated rings. The van der Waals surface area contributed by atoms with Crippen LogP contribution in [0, 0.1) is 0 Å². The summed E-state index contributed by atoms with van der Waals surface area (Å²) < 4.78 is 4.84. The van der Waals surface area contributed by atoms with Crippen LogP contribution < -0.4 is 5.32 Å². The first-order chi connectivity index (χ1) is 20.9. The number of benzene rings is 4. The molecule has 0 saturated heterocycles. The molecule has 4 nitrogen and oxygen atoms in total. The summed E-state index contributed by atoms with van der Waals surface area (Å²) in [7, 11) is 0. The normalized spacial score (nSPS) is 12.7. The van der Waals surface area contributed by atoms with Crippen molar-refractivity contribution in [3.8, 4) is 5.95 Å². The fourth-order valence-electron chi connectivity index (χ4n) is 6.37. The van der Waals surface area contributed by atoms with Gasteiger partial charge in [0.25, 0.3) is 0 Å². The average molecular weight is 585 g/mol. The molecule has 4 heteroatoms. The van der Waals surface area contributed by atoms with Crippen molar-refractivity contribution in [3.63, 3.8) is 0 Å². The van der Waals surface area contributed by atoms with Crippen LogP contribution in [0.5, 0.6) is 0 Å². The van der Waals surface area contributed by atoms with Crippen molar-refractivity contribution < 1.29 is 0 Å². The standard InChI is InChI=1S/C40H48N4/c1-10-11-23-43-36-18-14-17-33(41-32-16-13-12-15-29(32)26(2)3)37(36)42-38(43)44-34-21-19-27(39(4,5)6)24-30(34)31-25-28(40(7,8)9)20-22-35(31)44/h12-22,24-26,41H,10-11,23H2,1-9H3. The summed E-state index contributed by atoms with van der Waals surface area (Å²) in [5.74, 6) is 1.40. The van der Waals surface area contributed by atoms with E-state index in [2.05, 4.69) is 156 Å². The number of hydrogen-bond acceptors (Lipinski definition) is 2. The topological polar surface area (TPSA) is 34.8 Å². The molecule has 2 heterocycles. The quantitative estimate of drug-likeness (QED) is 0.202. The van der Waals surface area contributed by atoms with Crippen LogP contribution >= 0.6 is 0 Å². The Labute approximate surface area is 263 Å². The van der Waals surface area contributed by atoms with Gasteiger partial charge in [-0.2, -0.15) is 0 Å². The van der Waals surface area contributed by atoms with E-state index in [1.165, 1.54) is 38.5 Å². The largest absolute Gasteiger partial charge is 0.353 e. The molecule has 0 saturated carbocycles. The number of imidazole rings is 1. The van der Waals surface area contributed by atoms with Crippen molar-refractivity contribution in [2.24, 2.45) is 0 Å². The third kappa shape index (κ3) is 5.29. The SMILES string of the molecule is CCCCn1c(-n2c3ccc(C(C)(C)C)cc3c3cc(C(C)(C)C)ccc32)nc2c(Nc3ccccc3C(C)C)cccc21. The van der Waals surface area contributed by atoms with Crippen LogP contribution in [0.1, 0.15) is 97.8 Å². The molecule has 0 atom stereocenters. The van der Waals surface area contributed by atoms with Crippen LogP contribution in [0.4, 0.5) is 11.4 Å². The summed E-state index contributed by atoms with van der Waals surface area (Å²) >= 11 is 0. The number of nitrogens with zero attached hydrogens (tertiary/aromatic N) is 3. The number of anilines is 2. The minimum absolute atomic E-state index is 0.0609. The van der Waals surface area contributed by atoms with E-state index in [9.17, 15) is 0 Å². The molecule has 0 aliphatic carbocycles. The predicted octanol–water partition coefficient (Wildman–Crippen LogP) is 11.4. The third-order valence-electron chi connectivity index (χ3n) is 9.04. The molecule has 0 bridgehead atoms. The summed E-state index contributed by atoms with van der Waals surface area (Å²) in [6.45, 7) is 21.4. The molecule has 0 spiro atoms. The van der Waals surface area contributed by atoms with E-state index in [0.29, 0.717) is 5.92 Å². The lowest BCUT2D eigenvalue weighted by atomic mass is 9.85. The molecule has 6 aromatic rings. The molecule has 44 heavy (non-hydrogen) atoms. The Morgan fingerprint density at radius 2 is 1.30 bits per heavy atom. The fraction of sp³-hybridized carbons (Fsp3) is 0.375. The Balaban J connectivity index is 1.64. The van der Waals surface area contributed by atoms with Gasteiger partial charge >= 0.3 is 0 Å². The first kappa shape index (κ1) is 30.0. The minimum Gasteiger partial charge on any atom is -0.353 e. The zero-order valence-corrected chi connectivity index (χ0v) is 28.0. The lowest BCUT2D eigenvalue weighted by Crippen LogP contribution is -2.11. The van der Waals surface area contributed by atoms with Crippen LogP contribution in [0.25, 0.3) is 38.8 Å². The van der Waals surface area contributed by atoms with Gasteiger partial charge in [-0.25, -0.2) is 4.98 Å². The van der Waals surface area contributed by atoms with Gasteiger partial charge in [-0.3, -0.25) is 4.57 Å². The van der Waals surface area contributed by atoms with Gasteiger partial charge in [0.1, 0.15) is 5.52 Å². The second kappa shape index (κ2) is 11.1. The smallest absolute Gasteiger partial charge is 0.215 e. The molecule has 2 aromatic heterocycles. The van der Waals surface area contributed by atoms with Crippen LogP contribution in [0.3, 0.4) is 0 Å². The monoisotopic (exact) mass is 584 g/mol. The summed E-state index contributed by atoms with van der Waals surface area (Å²) in [5, 5.41) is 6.35. The van der Waals surface area contributed by atoms with Crippen LogP contribution in [0.15, 0.2) is 78.9 Å². The van der Waals surface area contributed by atoms with Crippen molar-refractivity contribution in [2.45, 2.75) is 98.4 Å². The number of unbranched alkanes of at least 4 members (excludes halogenated alkanes) is 1. The Bertz CT molecular complexity index is 1900. The van der Waals surface area contributed by atoms with Crippen molar-refractivity contribution >= 4 is 44.2 Å². The maximum Gasteiger partial charge on any atom is 0.215 e. The number of rotatable bonds is 7. The van der Waals surface area contributed by atoms with E-state index >= 15 is 0 Å². The van der Waals surface area contributed by atoms with Gasteiger partial charge in [0.2, 0.25) is 5.95 Å². The van der Waals surface area contributed by atoms with E-state index in [-0.39, 0.29) is 10.8 Å². The zero-order chi connectivity index (χ0) is 31.4. The molecule has 0 radical (unpaired) electrons. The molecule has 1 N–H and O–H groups in total. The van der Waals surface area contributed by atoms with Crippen LogP contribution in [-0.2, 0) is 17.4 Å². The Kier molecular flexibility index (Phi) is 7.60. The third-order valence-corrected chi connectivity index (χ3v) is 9.04. The van der Waals surface area contributed by atoms with E-state index in [1.807, 2.05) is 0 Å². The highest BCUT2D eigenvalue weighted by Gasteiger charge is 2.24. The van der Waals surface area contributed by atoms with Crippen LogP contribution in [0.2, 0.25) is 0 Å². The van der Waals surface area contributed by atoms with E-state index in [1.54, 1.807) is 0 Å². The second-order valence-corrected chi connectivity index (χ2v) is 14.8. The van der Waals surface area contributed by atoms with Gasteiger partial charge in [-0.15, -0.1) is 0 Å². The van der Waals surface area contributed by atoms with Crippen molar-refractivity contribution in [1.29, 1.82) is 0 Å². The molecule has 0 amide bonds. The number of fused-ring (bicyclic) bond motifs is 4. The maximum absolute atomic E-state index is 5.48. The van der Waals surface area contributed by atoms with E-state index in [0.717, 1.165) is 47.7 Å². The van der Waals surface area contributed by atoms with Gasteiger partial charge in [-0.1, -0.05) is 105 Å². The highest BCUT2D eigenvalue weighted by molar-refractivity contribution is 6.10. The molecule has 228 valence electrons. The predicted molar refractivity (Wildman–Crippen MR) is 190 cm³/mol. The van der Waals surface area contributed by atoms with Gasteiger partial charge in [0, 0.05) is 23.0 Å². The zero-order valence-electron chi connectivity index (χ0n) is 28.0. The average Bonchev–Trinajstić information content (AvgIpc) is 3.50. The highest BCUT2D eigenvalue weighted by atomic mass is 15.2. The van der Waals surface area contributed by atoms with Crippen molar-refractivity contribution in [1.82, 2.24) is 14.1 Å². The van der Waals surface area contributed by atoms with E-state index < -0.39 is 0 Å². The number of para-hydroxylation sites is 2. The molecular formula is C40H48N4. The lowest BCUT2D eigenvalue weighted by molar-refractivity contribution is 0.590. The fourth-order valence-corrected chi connectivity index (χ4v) is 6.37. The molecule has 0 aliphatic rings. The van der Waals surface area contributed by atoms with Gasteiger partial charge in [0.05, 0.1) is 22.2 Å². The maximum atomic E-state index is 5.48. The molecule has 0 unspecified atom stereocenters. The van der Waals surface area contributed by atoms with Crippen LogP contribution in [-0.4, -0.2) is 14.1 Å². The minimum atomic E-state index is 0.0609. The summed E-state index contributed by atoms with van der Waals surface area (Å²) in [4.78, 5) is 5.48. The number of aromatic nitrogens is 3. The van der Waals surface area contributed by atoms with Crippen molar-refractivity contribution in [2.75, 3.05) is 5.32 Å². The lowest BCUT2D eigenvalue weighted by Gasteiger charge is -2.19. The molecule has 4 aromatic carbocycles. The number of aryl methyl sites for hydroxylation is 1. The number of hydrogen-bond donors (Lipinski definition) is 1. The Morgan fingerprint density at radius 1 is 0.705 bits per heavy atom. The van der Waals surface area contributed by atoms with Gasteiger partial charge in [-0.05, 0) is 82.3 Å². The van der Waals surface area contributed by atoms with Gasteiger partial charge in [0.15, 0.2) is 0 Å². The Hall–Kier alpha value is -4.05. The number of nitrogens with one attached hydrogen (secondary N) is 1. The molecular weight excluding hydrogens is 536 g/mol. The summed E-state index contributed by atoms with van der Waals surface area (Å²) in [5.41, 5.74) is 10.9. The first-order valence-corrected chi connectivity index (χ1v) is 16.3. The molecule has 6 rings (SSSR count). The van der Waals surface area contributed by atoms with Crippen molar-refractivity contribution in [3.05, 3.63) is 95.6 Å². The summed E-state index contributed by atoms with van der Waals surface area (Å²) in [6.07, 6.45) is 2.21. The van der Waals surface area contributed by atoms with E-state index in [4.69, 9.17) is 4.98 Å². The summed E-state index contributed by atoms with van der Waals surface area (Å²) in [6, 6.07) is 29.2. The first-order valence-electron chi connectivity index (χ1n) is 16.3. The molecule has 0 aliphatic heterocycles. The second-order valence-electron chi connectivity index (χ2n) is 14.8.